The third kappa shape index (κ3) is 4.05. The maximum absolute atomic E-state index is 13.4. The van der Waals surface area contributed by atoms with E-state index in [9.17, 15) is 13.0 Å². The molecule has 1 atom stereocenters. The summed E-state index contributed by atoms with van der Waals surface area (Å²) in [6.45, 7) is 2.70. The summed E-state index contributed by atoms with van der Waals surface area (Å²) >= 11 is 0. The van der Waals surface area contributed by atoms with Crippen LogP contribution in [-0.4, -0.2) is 23.2 Å². The average molecular weight is 263 g/mol. The Labute approximate surface area is 101 Å². The van der Waals surface area contributed by atoms with Crippen molar-refractivity contribution in [2.45, 2.75) is 18.2 Å². The highest BCUT2D eigenvalue weighted by atomic mass is 32.2. The highest BCUT2D eigenvalue weighted by Gasteiger charge is 2.16. The third-order valence-electron chi connectivity index (χ3n) is 2.01. The van der Waals surface area contributed by atoms with Crippen LogP contribution >= 0.6 is 0 Å². The van der Waals surface area contributed by atoms with Gasteiger partial charge in [0.1, 0.15) is 16.5 Å². The molecule has 0 spiro atoms. The second kappa shape index (κ2) is 6.66. The Morgan fingerprint density at radius 3 is 2.41 bits per heavy atom. The fraction of sp³-hybridized carbons (Fsp3) is 0.455. The largest absolute Gasteiger partial charge is 0.399 e. The van der Waals surface area contributed by atoms with E-state index in [-0.39, 0.29) is 18.0 Å². The molecule has 0 aliphatic rings. The van der Waals surface area contributed by atoms with Crippen molar-refractivity contribution in [1.29, 1.82) is 0 Å². The second-order valence-corrected chi connectivity index (χ2v) is 4.98. The normalized spacial score (nSPS) is 12.6. The lowest BCUT2D eigenvalue weighted by Crippen LogP contribution is -2.10. The van der Waals surface area contributed by atoms with Gasteiger partial charge in [0.2, 0.25) is 0 Å². The van der Waals surface area contributed by atoms with Gasteiger partial charge in [-0.25, -0.2) is 8.78 Å². The number of halogens is 2. The molecule has 3 nitrogen and oxygen atoms in total. The van der Waals surface area contributed by atoms with Crippen LogP contribution in [0.4, 0.5) is 14.5 Å². The number of nitrogens with two attached hydrogens (primary N) is 1. The van der Waals surface area contributed by atoms with Crippen molar-refractivity contribution < 1.29 is 17.7 Å². The van der Waals surface area contributed by atoms with E-state index in [1.165, 1.54) is 0 Å². The summed E-state index contributed by atoms with van der Waals surface area (Å²) in [5.74, 6) is -1.69. The minimum Gasteiger partial charge on any atom is -0.399 e. The lowest BCUT2D eigenvalue weighted by molar-refractivity contribution is 0.150. The molecule has 1 aromatic carbocycles. The molecule has 0 heterocycles. The SMILES string of the molecule is CCCOCCS(=O)c1c(F)cc(N)cc1F. The van der Waals surface area contributed by atoms with Gasteiger partial charge in [-0.1, -0.05) is 6.92 Å². The predicted octanol–water partition coefficient (Wildman–Crippen LogP) is 2.08. The molecule has 1 aromatic rings. The van der Waals surface area contributed by atoms with Gasteiger partial charge >= 0.3 is 0 Å². The summed E-state index contributed by atoms with van der Waals surface area (Å²) in [6, 6.07) is 1.92. The molecule has 6 heteroatoms. The van der Waals surface area contributed by atoms with E-state index in [1.54, 1.807) is 0 Å². The molecule has 0 fully saturated rings. The van der Waals surface area contributed by atoms with Crippen LogP contribution in [0.15, 0.2) is 17.0 Å². The molecule has 0 aliphatic heterocycles. The summed E-state index contributed by atoms with van der Waals surface area (Å²) in [7, 11) is -1.75. The van der Waals surface area contributed by atoms with Crippen molar-refractivity contribution >= 4 is 16.5 Å². The van der Waals surface area contributed by atoms with Crippen LogP contribution in [-0.2, 0) is 15.5 Å². The maximum Gasteiger partial charge on any atom is 0.144 e. The molecular weight excluding hydrogens is 248 g/mol. The Morgan fingerprint density at radius 2 is 1.88 bits per heavy atom. The van der Waals surface area contributed by atoms with Crippen LogP contribution in [0.25, 0.3) is 0 Å². The molecule has 0 aromatic heterocycles. The lowest BCUT2D eigenvalue weighted by atomic mass is 10.3. The van der Waals surface area contributed by atoms with Crippen molar-refractivity contribution in [2.75, 3.05) is 24.7 Å². The Kier molecular flexibility index (Phi) is 5.50. The van der Waals surface area contributed by atoms with Crippen LogP contribution in [0.3, 0.4) is 0 Å². The fourth-order valence-corrected chi connectivity index (χ4v) is 2.31. The van der Waals surface area contributed by atoms with Gasteiger partial charge in [0.15, 0.2) is 0 Å². The molecule has 96 valence electrons. The van der Waals surface area contributed by atoms with E-state index in [1.807, 2.05) is 6.92 Å². The topological polar surface area (TPSA) is 52.3 Å². The highest BCUT2D eigenvalue weighted by Crippen LogP contribution is 2.20. The summed E-state index contributed by atoms with van der Waals surface area (Å²) in [4.78, 5) is -0.431. The predicted molar refractivity (Wildman–Crippen MR) is 63.2 cm³/mol. The number of anilines is 1. The zero-order chi connectivity index (χ0) is 12.8. The molecular formula is C11H15F2NO2S. The molecule has 0 saturated heterocycles. The molecule has 0 bridgehead atoms. The Morgan fingerprint density at radius 1 is 1.29 bits per heavy atom. The van der Waals surface area contributed by atoms with Crippen molar-refractivity contribution in [1.82, 2.24) is 0 Å². The zero-order valence-corrected chi connectivity index (χ0v) is 10.4. The average Bonchev–Trinajstić information content (AvgIpc) is 2.23. The number of ether oxygens (including phenoxy) is 1. The van der Waals surface area contributed by atoms with Gasteiger partial charge in [0.25, 0.3) is 0 Å². The fourth-order valence-electron chi connectivity index (χ4n) is 1.28. The Hall–Kier alpha value is -1.01. The Balaban J connectivity index is 2.69. The number of nitrogen functional groups attached to an aromatic ring is 1. The maximum atomic E-state index is 13.4. The van der Waals surface area contributed by atoms with Crippen molar-refractivity contribution in [3.8, 4) is 0 Å². The van der Waals surface area contributed by atoms with E-state index in [4.69, 9.17) is 10.5 Å². The van der Waals surface area contributed by atoms with E-state index < -0.39 is 27.3 Å². The van der Waals surface area contributed by atoms with Crippen molar-refractivity contribution in [3.05, 3.63) is 23.8 Å². The summed E-state index contributed by atoms with van der Waals surface area (Å²) < 4.78 is 43.6. The molecule has 17 heavy (non-hydrogen) atoms. The molecule has 1 rings (SSSR count). The van der Waals surface area contributed by atoms with Gasteiger partial charge in [-0.05, 0) is 18.6 Å². The van der Waals surface area contributed by atoms with Crippen molar-refractivity contribution in [2.24, 2.45) is 0 Å². The lowest BCUT2D eigenvalue weighted by Gasteiger charge is -2.06. The molecule has 0 radical (unpaired) electrons. The van der Waals surface area contributed by atoms with Gasteiger partial charge in [-0.2, -0.15) is 0 Å². The van der Waals surface area contributed by atoms with Crippen LogP contribution in [0, 0.1) is 11.6 Å². The zero-order valence-electron chi connectivity index (χ0n) is 9.54. The van der Waals surface area contributed by atoms with Gasteiger partial charge in [-0.15, -0.1) is 0 Å². The van der Waals surface area contributed by atoms with E-state index in [0.717, 1.165) is 18.6 Å². The minimum atomic E-state index is -1.75. The van der Waals surface area contributed by atoms with E-state index in [2.05, 4.69) is 0 Å². The number of rotatable bonds is 6. The quantitative estimate of drug-likeness (QED) is 0.631. The van der Waals surface area contributed by atoms with Crippen LogP contribution in [0.5, 0.6) is 0 Å². The van der Waals surface area contributed by atoms with Gasteiger partial charge in [-0.3, -0.25) is 4.21 Å². The number of hydrogen-bond donors (Lipinski definition) is 1. The third-order valence-corrected chi connectivity index (χ3v) is 3.39. The first-order valence-electron chi connectivity index (χ1n) is 5.27. The summed E-state index contributed by atoms with van der Waals surface area (Å²) in [5.41, 5.74) is 5.24. The first kappa shape index (κ1) is 14.1. The summed E-state index contributed by atoms with van der Waals surface area (Å²) in [6.07, 6.45) is 0.844. The standard InChI is InChI=1S/C11H15F2NO2S/c1-2-3-16-4-5-17(15)11-9(12)6-8(14)7-10(11)13/h6-7H,2-5,14H2,1H3. The summed E-state index contributed by atoms with van der Waals surface area (Å²) in [5, 5.41) is 0. The first-order chi connectivity index (χ1) is 8.06. The molecule has 2 N–H and O–H groups in total. The molecule has 1 unspecified atom stereocenters. The molecule has 0 amide bonds. The van der Waals surface area contributed by atoms with Crippen molar-refractivity contribution in [3.63, 3.8) is 0 Å². The van der Waals surface area contributed by atoms with E-state index in [0.29, 0.717) is 6.61 Å². The number of benzene rings is 1. The second-order valence-electron chi connectivity index (χ2n) is 3.48. The van der Waals surface area contributed by atoms with Crippen LogP contribution < -0.4 is 5.73 Å². The molecule has 0 saturated carbocycles. The van der Waals surface area contributed by atoms with Crippen LogP contribution in [0.2, 0.25) is 0 Å². The van der Waals surface area contributed by atoms with Gasteiger partial charge in [0.05, 0.1) is 23.2 Å². The number of hydrogen-bond acceptors (Lipinski definition) is 3. The van der Waals surface area contributed by atoms with Gasteiger partial charge in [0, 0.05) is 12.3 Å². The minimum absolute atomic E-state index is 0.0250. The first-order valence-corrected chi connectivity index (χ1v) is 6.58. The van der Waals surface area contributed by atoms with E-state index >= 15 is 0 Å². The van der Waals surface area contributed by atoms with Crippen LogP contribution in [0.1, 0.15) is 13.3 Å². The van der Waals surface area contributed by atoms with Gasteiger partial charge < -0.3 is 10.5 Å². The highest BCUT2D eigenvalue weighted by molar-refractivity contribution is 7.85. The monoisotopic (exact) mass is 263 g/mol. The smallest absolute Gasteiger partial charge is 0.144 e. The Bertz CT molecular complexity index is 389. The molecule has 0 aliphatic carbocycles.